The highest BCUT2D eigenvalue weighted by atomic mass is 16.7. The topological polar surface area (TPSA) is 231 Å². The molecule has 11 unspecified atom stereocenters. The molecule has 0 saturated carbocycles. The predicted molar refractivity (Wildman–Crippen MR) is 247 cm³/mol. The van der Waals surface area contributed by atoms with Crippen LogP contribution in [0.15, 0.2) is 36.5 Å². The van der Waals surface area contributed by atoms with Crippen LogP contribution in [0, 0.1) is 0 Å². The summed E-state index contributed by atoms with van der Waals surface area (Å²) in [4.78, 5) is 25.7. The second kappa shape index (κ2) is 37.7. The molecule has 378 valence electrons. The number of hydrogen-bond acceptors (Lipinski definition) is 15. The van der Waals surface area contributed by atoms with E-state index >= 15 is 0 Å². The Hall–Kier alpha value is -2.28. The molecule has 0 aromatic carbocycles. The van der Waals surface area contributed by atoms with Crippen LogP contribution in [0.5, 0.6) is 0 Å². The van der Waals surface area contributed by atoms with Crippen LogP contribution in [0.4, 0.5) is 0 Å². The van der Waals surface area contributed by atoms with Crippen LogP contribution in [0.1, 0.15) is 174 Å². The molecule has 2 heterocycles. The van der Waals surface area contributed by atoms with Gasteiger partial charge in [-0.15, -0.1) is 0 Å². The van der Waals surface area contributed by atoms with Gasteiger partial charge >= 0.3 is 11.9 Å². The Kier molecular flexibility index (Phi) is 34.1. The lowest BCUT2D eigenvalue weighted by Crippen LogP contribution is -2.61. The Balaban J connectivity index is 1.82. The smallest absolute Gasteiger partial charge is 0.306 e. The van der Waals surface area contributed by atoms with Crippen molar-refractivity contribution in [1.82, 2.24) is 0 Å². The van der Waals surface area contributed by atoms with Gasteiger partial charge in [0.15, 0.2) is 18.7 Å². The molecule has 7 N–H and O–H groups in total. The van der Waals surface area contributed by atoms with Gasteiger partial charge in [-0.25, -0.2) is 0 Å². The normalized spacial score (nSPS) is 26.7. The van der Waals surface area contributed by atoms with Gasteiger partial charge in [-0.1, -0.05) is 127 Å². The summed E-state index contributed by atoms with van der Waals surface area (Å²) in [6.45, 7) is 2.51. The fraction of sp³-hybridized carbons (Fsp3) is 0.840. The van der Waals surface area contributed by atoms with Gasteiger partial charge in [0.05, 0.1) is 19.8 Å². The van der Waals surface area contributed by atoms with Gasteiger partial charge in [-0.3, -0.25) is 9.59 Å². The quantitative estimate of drug-likeness (QED) is 0.0198. The molecular weight excluding hydrogens is 841 g/mol. The Morgan fingerprint density at radius 1 is 0.492 bits per heavy atom. The van der Waals surface area contributed by atoms with E-state index in [4.69, 9.17) is 28.4 Å². The van der Waals surface area contributed by atoms with E-state index in [1.165, 1.54) is 38.5 Å². The van der Waals surface area contributed by atoms with Crippen LogP contribution < -0.4 is 0 Å². The van der Waals surface area contributed by atoms with Crippen molar-refractivity contribution in [2.45, 2.75) is 242 Å². The molecule has 0 aromatic heterocycles. The zero-order valence-electron chi connectivity index (χ0n) is 39.7. The highest BCUT2D eigenvalue weighted by Crippen LogP contribution is 2.26. The van der Waals surface area contributed by atoms with Crippen LogP contribution in [0.3, 0.4) is 0 Å². The SMILES string of the molecule is CCCCC/C=C\C/C=C\CCCCCCCCCC(=O)OC(COC(=O)CCCCCCC/C=C\CCCCC)COC1OC(COC2OC(CO)C(O)C(O)C2O)C(O)C(O)C1O. The van der Waals surface area contributed by atoms with E-state index in [2.05, 4.69) is 50.3 Å². The minimum atomic E-state index is -1.77. The maximum atomic E-state index is 13.0. The maximum absolute atomic E-state index is 13.0. The van der Waals surface area contributed by atoms with Gasteiger partial charge in [0.25, 0.3) is 0 Å². The molecule has 2 aliphatic rings. The summed E-state index contributed by atoms with van der Waals surface area (Å²) in [7, 11) is 0. The predicted octanol–water partition coefficient (Wildman–Crippen LogP) is 6.54. The third-order valence-corrected chi connectivity index (χ3v) is 11.8. The molecule has 15 heteroatoms. The average molecular weight is 929 g/mol. The number of esters is 2. The van der Waals surface area contributed by atoms with Crippen molar-refractivity contribution < 1.29 is 73.8 Å². The summed E-state index contributed by atoms with van der Waals surface area (Å²) >= 11 is 0. The number of unbranched alkanes of at least 4 members (excludes halogenated alkanes) is 18. The first kappa shape index (κ1) is 58.8. The van der Waals surface area contributed by atoms with E-state index in [0.717, 1.165) is 96.3 Å². The summed E-state index contributed by atoms with van der Waals surface area (Å²) in [5.74, 6) is -0.945. The Bertz CT molecular complexity index is 1280. The van der Waals surface area contributed by atoms with Gasteiger partial charge in [0.1, 0.15) is 55.4 Å². The second-order valence-electron chi connectivity index (χ2n) is 17.6. The van der Waals surface area contributed by atoms with Crippen LogP contribution >= 0.6 is 0 Å². The molecule has 11 atom stereocenters. The van der Waals surface area contributed by atoms with Crippen molar-refractivity contribution in [2.75, 3.05) is 26.4 Å². The molecule has 0 spiro atoms. The van der Waals surface area contributed by atoms with Crippen molar-refractivity contribution in [3.63, 3.8) is 0 Å². The maximum Gasteiger partial charge on any atom is 0.306 e. The minimum absolute atomic E-state index is 0.155. The summed E-state index contributed by atoms with van der Waals surface area (Å²) < 4.78 is 33.5. The first-order valence-electron chi connectivity index (χ1n) is 25.1. The largest absolute Gasteiger partial charge is 0.462 e. The van der Waals surface area contributed by atoms with E-state index in [1.807, 2.05) is 0 Å². The molecule has 0 bridgehead atoms. The summed E-state index contributed by atoms with van der Waals surface area (Å²) in [5, 5.41) is 72.0. The number of hydrogen-bond donors (Lipinski definition) is 7. The average Bonchev–Trinajstić information content (AvgIpc) is 3.30. The Morgan fingerprint density at radius 2 is 0.923 bits per heavy atom. The standard InChI is InChI=1S/C50H88O15/c1-3-5-7-9-11-13-15-17-18-19-20-21-23-25-27-29-31-33-42(53)63-38(35-60-41(52)32-30-28-26-24-22-16-14-12-10-8-6-4-2)36-61-49-48(59)46(57)44(55)40(65-49)37-62-50-47(58)45(56)43(54)39(34-51)64-50/h11-14,17-18,38-40,43-51,54-59H,3-10,15-16,19-37H2,1-2H3/b13-11-,14-12-,18-17-. The molecule has 2 aliphatic heterocycles. The second-order valence-corrected chi connectivity index (χ2v) is 17.6. The van der Waals surface area contributed by atoms with Gasteiger partial charge in [0, 0.05) is 12.8 Å². The Labute approximate surface area is 389 Å². The van der Waals surface area contributed by atoms with E-state index in [0.29, 0.717) is 12.8 Å². The number of ether oxygens (including phenoxy) is 6. The molecule has 2 rings (SSSR count). The lowest BCUT2D eigenvalue weighted by molar-refractivity contribution is -0.332. The third kappa shape index (κ3) is 26.2. The molecule has 2 fully saturated rings. The molecule has 0 aliphatic carbocycles. The summed E-state index contributed by atoms with van der Waals surface area (Å²) in [6, 6.07) is 0. The Morgan fingerprint density at radius 3 is 1.45 bits per heavy atom. The number of rotatable bonds is 38. The van der Waals surface area contributed by atoms with Crippen molar-refractivity contribution in [1.29, 1.82) is 0 Å². The number of allylic oxidation sites excluding steroid dienone is 6. The highest BCUT2D eigenvalue weighted by Gasteiger charge is 2.47. The number of carbonyl (C=O) groups excluding carboxylic acids is 2. The number of carbonyl (C=O) groups is 2. The molecular formula is C50H88O15. The molecule has 0 radical (unpaired) electrons. The van der Waals surface area contributed by atoms with E-state index in [1.54, 1.807) is 0 Å². The van der Waals surface area contributed by atoms with Gasteiger partial charge < -0.3 is 64.2 Å². The molecule has 65 heavy (non-hydrogen) atoms. The van der Waals surface area contributed by atoms with Crippen LogP contribution in [0.25, 0.3) is 0 Å². The fourth-order valence-corrected chi connectivity index (χ4v) is 7.65. The summed E-state index contributed by atoms with van der Waals surface area (Å²) in [5.41, 5.74) is 0. The number of aliphatic hydroxyl groups excluding tert-OH is 7. The first-order valence-corrected chi connectivity index (χ1v) is 25.1. The van der Waals surface area contributed by atoms with Crippen LogP contribution in [0.2, 0.25) is 0 Å². The van der Waals surface area contributed by atoms with Gasteiger partial charge in [-0.2, -0.15) is 0 Å². The first-order chi connectivity index (χ1) is 31.5. The van der Waals surface area contributed by atoms with E-state index in [-0.39, 0.29) is 26.1 Å². The lowest BCUT2D eigenvalue weighted by atomic mass is 9.98. The highest BCUT2D eigenvalue weighted by molar-refractivity contribution is 5.70. The molecule has 0 amide bonds. The summed E-state index contributed by atoms with van der Waals surface area (Å²) in [6.07, 6.45) is 21.7. The van der Waals surface area contributed by atoms with Gasteiger partial charge in [0.2, 0.25) is 0 Å². The fourth-order valence-electron chi connectivity index (χ4n) is 7.65. The van der Waals surface area contributed by atoms with Crippen molar-refractivity contribution in [3.8, 4) is 0 Å². The number of aliphatic hydroxyl groups is 7. The van der Waals surface area contributed by atoms with Crippen molar-refractivity contribution in [3.05, 3.63) is 36.5 Å². The van der Waals surface area contributed by atoms with Gasteiger partial charge in [-0.05, 0) is 70.6 Å². The van der Waals surface area contributed by atoms with Crippen molar-refractivity contribution in [2.24, 2.45) is 0 Å². The third-order valence-electron chi connectivity index (χ3n) is 11.8. The van der Waals surface area contributed by atoms with E-state index < -0.39 is 92.7 Å². The van der Waals surface area contributed by atoms with E-state index in [9.17, 15) is 45.3 Å². The van der Waals surface area contributed by atoms with Crippen LogP contribution in [-0.2, 0) is 38.0 Å². The van der Waals surface area contributed by atoms with Crippen LogP contribution in [-0.4, -0.2) is 142 Å². The molecule has 2 saturated heterocycles. The molecule has 15 nitrogen and oxygen atoms in total. The molecule has 0 aromatic rings. The lowest BCUT2D eigenvalue weighted by Gasteiger charge is -2.42. The monoisotopic (exact) mass is 929 g/mol. The zero-order chi connectivity index (χ0) is 47.5. The minimum Gasteiger partial charge on any atom is -0.462 e. The zero-order valence-corrected chi connectivity index (χ0v) is 39.7. The van der Waals surface area contributed by atoms with Crippen molar-refractivity contribution >= 4 is 11.9 Å².